The van der Waals surface area contributed by atoms with Crippen LogP contribution >= 0.6 is 0 Å². The van der Waals surface area contributed by atoms with Gasteiger partial charge in [0.2, 0.25) is 0 Å². The van der Waals surface area contributed by atoms with Gasteiger partial charge in [0, 0.05) is 18.1 Å². The molecule has 0 aliphatic heterocycles. The number of aromatic nitrogens is 1. The molecule has 0 unspecified atom stereocenters. The number of rotatable bonds is 1. The van der Waals surface area contributed by atoms with Gasteiger partial charge in [0.25, 0.3) is 0 Å². The maximum Gasteiger partial charge on any atom is 0.141 e. The van der Waals surface area contributed by atoms with Crippen molar-refractivity contribution in [1.82, 2.24) is 4.98 Å². The first kappa shape index (κ1) is 11.9. The van der Waals surface area contributed by atoms with Crippen LogP contribution in [0.1, 0.15) is 31.9 Å². The van der Waals surface area contributed by atoms with Crippen molar-refractivity contribution < 1.29 is 5.11 Å². The van der Waals surface area contributed by atoms with Crippen LogP contribution in [0, 0.1) is 0 Å². The summed E-state index contributed by atoms with van der Waals surface area (Å²) in [5.74, 6) is 0.219. The fourth-order valence-corrected chi connectivity index (χ4v) is 2.29. The summed E-state index contributed by atoms with van der Waals surface area (Å²) in [6.07, 6.45) is 1.77. The molecule has 0 aliphatic rings. The van der Waals surface area contributed by atoms with Gasteiger partial charge < -0.3 is 10.8 Å². The van der Waals surface area contributed by atoms with Crippen LogP contribution in [0.3, 0.4) is 0 Å². The molecule has 0 fully saturated rings. The van der Waals surface area contributed by atoms with Crippen LogP contribution in [0.4, 0.5) is 0 Å². The minimum Gasteiger partial charge on any atom is -0.506 e. The van der Waals surface area contributed by atoms with Crippen LogP contribution in [0.5, 0.6) is 5.75 Å². The molecule has 0 atom stereocenters. The molecule has 1 aromatic heterocycles. The van der Waals surface area contributed by atoms with E-state index in [-0.39, 0.29) is 11.2 Å². The van der Waals surface area contributed by atoms with E-state index in [1.165, 1.54) is 5.56 Å². The van der Waals surface area contributed by atoms with Crippen molar-refractivity contribution >= 4 is 10.9 Å². The summed E-state index contributed by atoms with van der Waals surface area (Å²) in [5.41, 5.74) is 8.60. The molecule has 2 rings (SSSR count). The van der Waals surface area contributed by atoms with Crippen LogP contribution in [0.25, 0.3) is 10.9 Å². The third-order valence-corrected chi connectivity index (χ3v) is 2.92. The molecule has 0 spiro atoms. The molecule has 0 bridgehead atoms. The van der Waals surface area contributed by atoms with E-state index in [1.807, 2.05) is 12.1 Å². The van der Waals surface area contributed by atoms with Crippen molar-refractivity contribution in [2.24, 2.45) is 5.73 Å². The van der Waals surface area contributed by atoms with Gasteiger partial charge >= 0.3 is 0 Å². The van der Waals surface area contributed by atoms with E-state index < -0.39 is 0 Å². The number of para-hydroxylation sites is 1. The van der Waals surface area contributed by atoms with Gasteiger partial charge in [-0.2, -0.15) is 0 Å². The van der Waals surface area contributed by atoms with Crippen LogP contribution in [0.15, 0.2) is 24.4 Å². The van der Waals surface area contributed by atoms with Gasteiger partial charge in [-0.25, -0.2) is 0 Å². The molecule has 0 radical (unpaired) electrons. The Morgan fingerprint density at radius 1 is 1.29 bits per heavy atom. The van der Waals surface area contributed by atoms with Crippen LogP contribution in [-0.2, 0) is 12.0 Å². The summed E-state index contributed by atoms with van der Waals surface area (Å²) in [6.45, 7) is 6.89. The highest BCUT2D eigenvalue weighted by atomic mass is 16.3. The molecular weight excluding hydrogens is 212 g/mol. The molecule has 0 amide bonds. The Kier molecular flexibility index (Phi) is 2.79. The predicted molar refractivity (Wildman–Crippen MR) is 70.0 cm³/mol. The summed E-state index contributed by atoms with van der Waals surface area (Å²) in [4.78, 5) is 4.30. The number of pyridine rings is 1. The van der Waals surface area contributed by atoms with Crippen molar-refractivity contribution in [2.75, 3.05) is 0 Å². The maximum atomic E-state index is 9.83. The van der Waals surface area contributed by atoms with Crippen molar-refractivity contribution in [3.05, 3.63) is 35.5 Å². The summed E-state index contributed by atoms with van der Waals surface area (Å²) >= 11 is 0. The Morgan fingerprint density at radius 3 is 2.59 bits per heavy atom. The third kappa shape index (κ3) is 1.98. The number of nitrogens with zero attached hydrogens (tertiary/aromatic N) is 1. The molecule has 90 valence electrons. The Bertz CT molecular complexity index is 556. The Labute approximate surface area is 101 Å². The zero-order chi connectivity index (χ0) is 12.6. The minimum absolute atomic E-state index is 0.0241. The van der Waals surface area contributed by atoms with E-state index in [0.29, 0.717) is 12.1 Å². The van der Waals surface area contributed by atoms with E-state index in [0.717, 1.165) is 10.9 Å². The number of aromatic hydroxyl groups is 1. The quantitative estimate of drug-likeness (QED) is 0.791. The number of benzene rings is 1. The van der Waals surface area contributed by atoms with Crippen LogP contribution < -0.4 is 5.73 Å². The molecule has 1 aromatic carbocycles. The molecule has 1 heterocycles. The van der Waals surface area contributed by atoms with Crippen LogP contribution in [-0.4, -0.2) is 10.1 Å². The largest absolute Gasteiger partial charge is 0.506 e. The van der Waals surface area contributed by atoms with E-state index in [9.17, 15) is 5.11 Å². The number of hydrogen-bond donors (Lipinski definition) is 2. The Hall–Kier alpha value is -1.61. The first-order valence-electron chi connectivity index (χ1n) is 5.75. The first-order chi connectivity index (χ1) is 7.95. The molecule has 3 heteroatoms. The van der Waals surface area contributed by atoms with Crippen molar-refractivity contribution in [2.45, 2.75) is 32.7 Å². The molecular formula is C14H18N2O. The fraction of sp³-hybridized carbons (Fsp3) is 0.357. The molecule has 0 saturated carbocycles. The second-order valence-corrected chi connectivity index (χ2v) is 5.29. The normalized spacial score (nSPS) is 12.0. The summed E-state index contributed by atoms with van der Waals surface area (Å²) < 4.78 is 0. The molecule has 0 aliphatic carbocycles. The topological polar surface area (TPSA) is 59.1 Å². The molecule has 2 aromatic rings. The number of phenols is 1. The average Bonchev–Trinajstić information content (AvgIpc) is 2.26. The summed E-state index contributed by atoms with van der Waals surface area (Å²) in [6, 6.07) is 5.49. The highest BCUT2D eigenvalue weighted by Gasteiger charge is 2.21. The van der Waals surface area contributed by atoms with Gasteiger partial charge in [-0.1, -0.05) is 32.9 Å². The molecule has 3 nitrogen and oxygen atoms in total. The number of hydrogen-bond acceptors (Lipinski definition) is 3. The molecule has 0 saturated heterocycles. The lowest BCUT2D eigenvalue weighted by atomic mass is 9.82. The van der Waals surface area contributed by atoms with E-state index in [2.05, 4.69) is 25.8 Å². The van der Waals surface area contributed by atoms with E-state index in [4.69, 9.17) is 5.73 Å². The van der Waals surface area contributed by atoms with Gasteiger partial charge in [-0.05, 0) is 22.6 Å². The van der Waals surface area contributed by atoms with Crippen molar-refractivity contribution in [1.29, 1.82) is 0 Å². The Morgan fingerprint density at radius 2 is 2.00 bits per heavy atom. The van der Waals surface area contributed by atoms with Gasteiger partial charge in [-0.15, -0.1) is 0 Å². The standard InChI is InChI=1S/C14H18N2O/c1-14(2,3)12-9(7-15)8-16-13-10(12)5-4-6-11(13)17/h4-6,8,17H,7,15H2,1-3H3. The second kappa shape index (κ2) is 4.00. The van der Waals surface area contributed by atoms with Gasteiger partial charge in [0.15, 0.2) is 0 Å². The minimum atomic E-state index is -0.0241. The molecule has 17 heavy (non-hydrogen) atoms. The summed E-state index contributed by atoms with van der Waals surface area (Å²) in [5, 5.41) is 10.8. The van der Waals surface area contributed by atoms with Crippen molar-refractivity contribution in [3.8, 4) is 5.75 Å². The monoisotopic (exact) mass is 230 g/mol. The second-order valence-electron chi connectivity index (χ2n) is 5.29. The zero-order valence-electron chi connectivity index (χ0n) is 10.5. The van der Waals surface area contributed by atoms with E-state index >= 15 is 0 Å². The lowest BCUT2D eigenvalue weighted by Crippen LogP contribution is -2.17. The first-order valence-corrected chi connectivity index (χ1v) is 5.75. The van der Waals surface area contributed by atoms with Gasteiger partial charge in [0.05, 0.1) is 0 Å². The highest BCUT2D eigenvalue weighted by Crippen LogP contribution is 2.34. The van der Waals surface area contributed by atoms with Crippen LogP contribution in [0.2, 0.25) is 0 Å². The van der Waals surface area contributed by atoms with Crippen molar-refractivity contribution in [3.63, 3.8) is 0 Å². The van der Waals surface area contributed by atoms with Gasteiger partial charge in [-0.3, -0.25) is 4.98 Å². The fourth-order valence-electron chi connectivity index (χ4n) is 2.29. The number of phenolic OH excluding ortho intramolecular Hbond substituents is 1. The maximum absolute atomic E-state index is 9.83. The highest BCUT2D eigenvalue weighted by molar-refractivity contribution is 5.88. The zero-order valence-corrected chi connectivity index (χ0v) is 10.5. The SMILES string of the molecule is CC(C)(C)c1c(CN)cnc2c(O)cccc12. The molecule has 3 N–H and O–H groups in total. The number of fused-ring (bicyclic) bond motifs is 1. The smallest absolute Gasteiger partial charge is 0.141 e. The lowest BCUT2D eigenvalue weighted by Gasteiger charge is -2.24. The average molecular weight is 230 g/mol. The predicted octanol–water partition coefficient (Wildman–Crippen LogP) is 2.70. The lowest BCUT2D eigenvalue weighted by molar-refractivity contribution is 0.480. The van der Waals surface area contributed by atoms with Gasteiger partial charge in [0.1, 0.15) is 11.3 Å². The summed E-state index contributed by atoms with van der Waals surface area (Å²) in [7, 11) is 0. The number of nitrogens with two attached hydrogens (primary N) is 1. The third-order valence-electron chi connectivity index (χ3n) is 2.92. The van der Waals surface area contributed by atoms with E-state index in [1.54, 1.807) is 12.3 Å². The Balaban J connectivity index is 2.89.